The van der Waals surface area contributed by atoms with Crippen LogP contribution in [0.25, 0.3) is 0 Å². The molecule has 0 radical (unpaired) electrons. The lowest BCUT2D eigenvalue weighted by atomic mass is 9.87. The van der Waals surface area contributed by atoms with Gasteiger partial charge in [-0.15, -0.1) is 11.3 Å². The molecule has 0 unspecified atom stereocenters. The van der Waals surface area contributed by atoms with Crippen LogP contribution in [0, 0.1) is 18.7 Å². The van der Waals surface area contributed by atoms with Gasteiger partial charge in [0.1, 0.15) is 11.6 Å². The number of Topliss-reactive ketones (excluding diaryl/α,β-unsaturated/α-hetero) is 1. The van der Waals surface area contributed by atoms with E-state index in [0.717, 1.165) is 10.4 Å². The molecule has 0 spiro atoms. The van der Waals surface area contributed by atoms with Gasteiger partial charge in [0, 0.05) is 36.4 Å². The molecule has 2 aromatic rings. The van der Waals surface area contributed by atoms with Gasteiger partial charge in [-0.1, -0.05) is 11.6 Å². The lowest BCUT2D eigenvalue weighted by molar-refractivity contribution is -0.127. The zero-order valence-electron chi connectivity index (χ0n) is 13.0. The van der Waals surface area contributed by atoms with Crippen molar-refractivity contribution in [2.24, 2.45) is 5.92 Å². The lowest BCUT2D eigenvalue weighted by Gasteiger charge is -2.16. The van der Waals surface area contributed by atoms with E-state index in [9.17, 15) is 14.0 Å². The number of amides is 1. The second kappa shape index (κ2) is 6.99. The summed E-state index contributed by atoms with van der Waals surface area (Å²) >= 11 is 7.21. The van der Waals surface area contributed by atoms with E-state index in [1.807, 2.05) is 0 Å². The lowest BCUT2D eigenvalue weighted by Crippen LogP contribution is -2.23. The van der Waals surface area contributed by atoms with Crippen LogP contribution in [0.3, 0.4) is 0 Å². The Balaban J connectivity index is 1.74. The number of aryl methyl sites for hydroxylation is 1. The number of nitrogens with zero attached hydrogens (tertiary/aromatic N) is 1. The summed E-state index contributed by atoms with van der Waals surface area (Å²) in [5.41, 5.74) is 0.964. The van der Waals surface area contributed by atoms with E-state index >= 15 is 0 Å². The van der Waals surface area contributed by atoms with Crippen LogP contribution in [0.4, 0.5) is 4.39 Å². The molecule has 0 aromatic carbocycles. The summed E-state index contributed by atoms with van der Waals surface area (Å²) < 4.78 is 14.8. The minimum Gasteiger partial charge on any atom is -0.355 e. The first-order valence-electron chi connectivity index (χ1n) is 7.59. The maximum absolute atomic E-state index is 14.2. The van der Waals surface area contributed by atoms with Gasteiger partial charge in [-0.05, 0) is 30.7 Å². The maximum Gasteiger partial charge on any atom is 0.224 e. The highest BCUT2D eigenvalue weighted by Gasteiger charge is 2.39. The van der Waals surface area contributed by atoms with E-state index in [0.29, 0.717) is 10.9 Å². The highest BCUT2D eigenvalue weighted by atomic mass is 35.5. The molecule has 1 saturated heterocycles. The molecule has 0 aliphatic carbocycles. The zero-order valence-corrected chi connectivity index (χ0v) is 14.6. The number of carbonyl (C=O) groups is 2. The molecule has 1 aliphatic heterocycles. The molecule has 24 heavy (non-hydrogen) atoms. The molecular weight excluding hydrogens is 351 g/mol. The summed E-state index contributed by atoms with van der Waals surface area (Å²) in [7, 11) is 0. The van der Waals surface area contributed by atoms with Gasteiger partial charge < -0.3 is 5.32 Å². The molecule has 2 aromatic heterocycles. The van der Waals surface area contributed by atoms with E-state index in [2.05, 4.69) is 10.3 Å². The standard InChI is InChI=1S/C17H16ClFN2O2S/c1-9-4-14(19)16(20-7-9)13-8-21-17(23)12(13)6-10(22)5-11-2-3-15(18)24-11/h2-4,7,12-13H,5-6,8H2,1H3,(H,21,23)/t12-,13+/m0/s1. The van der Waals surface area contributed by atoms with Gasteiger partial charge >= 0.3 is 0 Å². The number of ketones is 1. The van der Waals surface area contributed by atoms with Gasteiger partial charge in [-0.25, -0.2) is 4.39 Å². The number of rotatable bonds is 5. The molecule has 0 saturated carbocycles. The Bertz CT molecular complexity index is 793. The van der Waals surface area contributed by atoms with Crippen molar-refractivity contribution in [3.05, 3.63) is 50.7 Å². The number of hydrogen-bond donors (Lipinski definition) is 1. The highest BCUT2D eigenvalue weighted by Crippen LogP contribution is 2.32. The van der Waals surface area contributed by atoms with Crippen LogP contribution in [0.2, 0.25) is 4.34 Å². The van der Waals surface area contributed by atoms with Crippen LogP contribution in [-0.2, 0) is 16.0 Å². The monoisotopic (exact) mass is 366 g/mol. The molecule has 1 fully saturated rings. The third kappa shape index (κ3) is 3.65. The van der Waals surface area contributed by atoms with Crippen LogP contribution in [0.5, 0.6) is 0 Å². The third-order valence-corrected chi connectivity index (χ3v) is 5.36. The number of halogens is 2. The van der Waals surface area contributed by atoms with E-state index in [1.165, 1.54) is 17.4 Å². The molecular formula is C17H16ClFN2O2S. The van der Waals surface area contributed by atoms with Gasteiger partial charge in [-0.2, -0.15) is 0 Å². The second-order valence-electron chi connectivity index (χ2n) is 5.96. The fourth-order valence-electron chi connectivity index (χ4n) is 2.96. The summed E-state index contributed by atoms with van der Waals surface area (Å²) in [5, 5.41) is 2.72. The Labute approximate surface area is 148 Å². The third-order valence-electron chi connectivity index (χ3n) is 4.12. The summed E-state index contributed by atoms with van der Waals surface area (Å²) in [5.74, 6) is -1.72. The molecule has 1 amide bonds. The summed E-state index contributed by atoms with van der Waals surface area (Å²) in [4.78, 5) is 29.4. The van der Waals surface area contributed by atoms with Crippen LogP contribution in [0.15, 0.2) is 24.4 Å². The highest BCUT2D eigenvalue weighted by molar-refractivity contribution is 7.16. The van der Waals surface area contributed by atoms with Crippen molar-refractivity contribution in [2.45, 2.75) is 25.7 Å². The Morgan fingerprint density at radius 1 is 1.50 bits per heavy atom. The first kappa shape index (κ1) is 17.0. The van der Waals surface area contributed by atoms with E-state index in [-0.39, 0.29) is 30.2 Å². The van der Waals surface area contributed by atoms with Gasteiger partial charge in [0.25, 0.3) is 0 Å². The van der Waals surface area contributed by atoms with Crippen molar-refractivity contribution >= 4 is 34.6 Å². The Morgan fingerprint density at radius 2 is 2.29 bits per heavy atom. The molecule has 2 atom stereocenters. The predicted molar refractivity (Wildman–Crippen MR) is 90.8 cm³/mol. The minimum absolute atomic E-state index is 0.0620. The molecule has 0 bridgehead atoms. The van der Waals surface area contributed by atoms with E-state index < -0.39 is 17.7 Å². The maximum atomic E-state index is 14.2. The Morgan fingerprint density at radius 3 is 2.96 bits per heavy atom. The fourth-order valence-corrected chi connectivity index (χ4v) is 4.08. The zero-order chi connectivity index (χ0) is 17.3. The van der Waals surface area contributed by atoms with E-state index in [4.69, 9.17) is 11.6 Å². The predicted octanol–water partition coefficient (Wildman–Crippen LogP) is 3.28. The first-order chi connectivity index (χ1) is 11.4. The smallest absolute Gasteiger partial charge is 0.224 e. The molecule has 3 heterocycles. The van der Waals surface area contributed by atoms with E-state index in [1.54, 1.807) is 25.3 Å². The topological polar surface area (TPSA) is 59.1 Å². The number of aromatic nitrogens is 1. The van der Waals surface area contributed by atoms with Crippen molar-refractivity contribution in [2.75, 3.05) is 6.54 Å². The van der Waals surface area contributed by atoms with Gasteiger partial charge in [0.2, 0.25) is 5.91 Å². The quantitative estimate of drug-likeness (QED) is 0.883. The summed E-state index contributed by atoms with van der Waals surface area (Å²) in [6, 6.07) is 4.95. The SMILES string of the molecule is Cc1cnc([C@@H]2CNC(=O)[C@H]2CC(=O)Cc2ccc(Cl)s2)c(F)c1. The van der Waals surface area contributed by atoms with Gasteiger partial charge in [0.15, 0.2) is 0 Å². The Hall–Kier alpha value is -1.79. The van der Waals surface area contributed by atoms with Crippen molar-refractivity contribution in [1.29, 1.82) is 0 Å². The number of carbonyl (C=O) groups excluding carboxylic acids is 2. The number of pyridine rings is 1. The number of thiophene rings is 1. The van der Waals surface area contributed by atoms with Crippen molar-refractivity contribution in [1.82, 2.24) is 10.3 Å². The molecule has 7 heteroatoms. The summed E-state index contributed by atoms with van der Waals surface area (Å²) in [6.45, 7) is 2.06. The first-order valence-corrected chi connectivity index (χ1v) is 8.79. The average molecular weight is 367 g/mol. The average Bonchev–Trinajstić information content (AvgIpc) is 3.07. The van der Waals surface area contributed by atoms with Crippen molar-refractivity contribution in [3.8, 4) is 0 Å². The van der Waals surface area contributed by atoms with Gasteiger partial charge in [0.05, 0.1) is 15.9 Å². The molecule has 3 rings (SSSR count). The summed E-state index contributed by atoms with van der Waals surface area (Å²) in [6.07, 6.45) is 1.88. The van der Waals surface area contributed by atoms with Crippen LogP contribution in [-0.4, -0.2) is 23.2 Å². The molecule has 1 N–H and O–H groups in total. The van der Waals surface area contributed by atoms with Crippen molar-refractivity contribution < 1.29 is 14.0 Å². The largest absolute Gasteiger partial charge is 0.355 e. The Kier molecular flexibility index (Phi) is 4.96. The fraction of sp³-hybridized carbons (Fsp3) is 0.353. The number of nitrogens with one attached hydrogen (secondary N) is 1. The van der Waals surface area contributed by atoms with Crippen LogP contribution in [0.1, 0.15) is 28.5 Å². The minimum atomic E-state index is -0.586. The van der Waals surface area contributed by atoms with Crippen LogP contribution < -0.4 is 5.32 Å². The number of hydrogen-bond acceptors (Lipinski definition) is 4. The normalized spacial score (nSPS) is 20.2. The molecule has 126 valence electrons. The molecule has 4 nitrogen and oxygen atoms in total. The second-order valence-corrected chi connectivity index (χ2v) is 7.76. The van der Waals surface area contributed by atoms with Crippen LogP contribution >= 0.6 is 22.9 Å². The van der Waals surface area contributed by atoms with Gasteiger partial charge in [-0.3, -0.25) is 14.6 Å². The van der Waals surface area contributed by atoms with Crippen molar-refractivity contribution in [3.63, 3.8) is 0 Å². The molecule has 1 aliphatic rings.